The minimum absolute atomic E-state index is 0.0314. The van der Waals surface area contributed by atoms with Gasteiger partial charge in [-0.25, -0.2) is 9.48 Å². The summed E-state index contributed by atoms with van der Waals surface area (Å²) in [5, 5.41) is 10.6. The fourth-order valence-electron chi connectivity index (χ4n) is 2.16. The topological polar surface area (TPSA) is 68.2 Å². The molecule has 2 aromatic rings. The van der Waals surface area contributed by atoms with Gasteiger partial charge in [0, 0.05) is 25.3 Å². The first kappa shape index (κ1) is 18.0. The number of benzene rings is 1. The Kier molecular flexibility index (Phi) is 5.98. The molecule has 1 atom stereocenters. The predicted octanol–water partition coefficient (Wildman–Crippen LogP) is 2.88. The molecule has 0 spiro atoms. The molecule has 0 saturated heterocycles. The molecule has 130 valence electrons. The van der Waals surface area contributed by atoms with E-state index in [2.05, 4.69) is 15.7 Å². The molecule has 24 heavy (non-hydrogen) atoms. The van der Waals surface area contributed by atoms with E-state index in [1.54, 1.807) is 0 Å². The quantitative estimate of drug-likeness (QED) is 0.854. The zero-order valence-electron chi connectivity index (χ0n) is 14.7. The Morgan fingerprint density at radius 1 is 1.25 bits per heavy atom. The molecule has 1 aromatic heterocycles. The summed E-state index contributed by atoms with van der Waals surface area (Å²) in [6, 6.07) is 11.9. The average molecular weight is 330 g/mol. The summed E-state index contributed by atoms with van der Waals surface area (Å²) in [5.74, 6) is 0. The van der Waals surface area contributed by atoms with Crippen LogP contribution in [0.15, 0.2) is 42.6 Å². The predicted molar refractivity (Wildman–Crippen MR) is 94.1 cm³/mol. The van der Waals surface area contributed by atoms with Gasteiger partial charge in [-0.2, -0.15) is 5.10 Å². The molecule has 0 bridgehead atoms. The fraction of sp³-hybridized carbons (Fsp3) is 0.444. The second kappa shape index (κ2) is 7.97. The number of amides is 1. The van der Waals surface area contributed by atoms with Gasteiger partial charge in [-0.1, -0.05) is 18.2 Å². The van der Waals surface area contributed by atoms with Crippen molar-refractivity contribution in [3.8, 4) is 5.69 Å². The van der Waals surface area contributed by atoms with E-state index in [0.717, 1.165) is 11.4 Å². The van der Waals surface area contributed by atoms with Crippen molar-refractivity contribution in [1.82, 2.24) is 20.4 Å². The second-order valence-electron chi connectivity index (χ2n) is 6.77. The van der Waals surface area contributed by atoms with E-state index in [1.165, 1.54) is 0 Å². The minimum atomic E-state index is -0.485. The van der Waals surface area contributed by atoms with Gasteiger partial charge < -0.3 is 15.4 Å². The summed E-state index contributed by atoms with van der Waals surface area (Å²) in [5.41, 5.74) is 1.49. The molecule has 1 aromatic carbocycles. The van der Waals surface area contributed by atoms with Crippen molar-refractivity contribution in [3.05, 3.63) is 48.3 Å². The Morgan fingerprint density at radius 2 is 1.96 bits per heavy atom. The normalized spacial score (nSPS) is 12.7. The first-order valence-corrected chi connectivity index (χ1v) is 8.14. The molecule has 0 saturated carbocycles. The standard InChI is InChI=1S/C18H26N4O2/c1-14(20-17(23)24-18(2,3)4)12-19-13-15-10-11-22(21-15)16-8-6-5-7-9-16/h5-11,14,19H,12-13H2,1-4H3,(H,20,23). The number of carbonyl (C=O) groups excluding carboxylic acids is 1. The average Bonchev–Trinajstić information content (AvgIpc) is 2.95. The Labute approximate surface area is 143 Å². The summed E-state index contributed by atoms with van der Waals surface area (Å²) in [4.78, 5) is 11.7. The SMILES string of the molecule is CC(CNCc1ccn(-c2ccccc2)n1)NC(=O)OC(C)(C)C. The molecule has 0 aliphatic carbocycles. The van der Waals surface area contributed by atoms with Crippen LogP contribution in [0, 0.1) is 0 Å². The van der Waals surface area contributed by atoms with Crippen LogP contribution in [-0.4, -0.2) is 34.1 Å². The van der Waals surface area contributed by atoms with Crippen molar-refractivity contribution >= 4 is 6.09 Å². The van der Waals surface area contributed by atoms with Gasteiger partial charge in [-0.05, 0) is 45.9 Å². The highest BCUT2D eigenvalue weighted by molar-refractivity contribution is 5.68. The maximum absolute atomic E-state index is 11.7. The van der Waals surface area contributed by atoms with Crippen LogP contribution in [-0.2, 0) is 11.3 Å². The van der Waals surface area contributed by atoms with E-state index in [4.69, 9.17) is 4.74 Å². The molecule has 0 aliphatic heterocycles. The monoisotopic (exact) mass is 330 g/mol. The van der Waals surface area contributed by atoms with Gasteiger partial charge >= 0.3 is 6.09 Å². The van der Waals surface area contributed by atoms with Gasteiger partial charge in [0.2, 0.25) is 0 Å². The Balaban J connectivity index is 1.74. The first-order valence-electron chi connectivity index (χ1n) is 8.14. The van der Waals surface area contributed by atoms with Crippen LogP contribution in [0.5, 0.6) is 0 Å². The van der Waals surface area contributed by atoms with E-state index in [-0.39, 0.29) is 6.04 Å². The lowest BCUT2D eigenvalue weighted by atomic mass is 10.2. The number of carbonyl (C=O) groups is 1. The van der Waals surface area contributed by atoms with Gasteiger partial charge in [0.05, 0.1) is 11.4 Å². The van der Waals surface area contributed by atoms with Crippen molar-refractivity contribution in [2.75, 3.05) is 6.54 Å². The van der Waals surface area contributed by atoms with Gasteiger partial charge in [0.1, 0.15) is 5.60 Å². The van der Waals surface area contributed by atoms with E-state index < -0.39 is 11.7 Å². The zero-order valence-corrected chi connectivity index (χ0v) is 14.7. The van der Waals surface area contributed by atoms with Crippen molar-refractivity contribution in [3.63, 3.8) is 0 Å². The number of aromatic nitrogens is 2. The molecule has 0 fully saturated rings. The Bertz CT molecular complexity index is 647. The van der Waals surface area contributed by atoms with E-state index >= 15 is 0 Å². The van der Waals surface area contributed by atoms with Crippen LogP contribution < -0.4 is 10.6 Å². The Morgan fingerprint density at radius 3 is 2.62 bits per heavy atom. The van der Waals surface area contributed by atoms with E-state index in [0.29, 0.717) is 13.1 Å². The van der Waals surface area contributed by atoms with Gasteiger partial charge in [0.15, 0.2) is 0 Å². The molecule has 1 heterocycles. The Hall–Kier alpha value is -2.34. The van der Waals surface area contributed by atoms with Crippen molar-refractivity contribution < 1.29 is 9.53 Å². The lowest BCUT2D eigenvalue weighted by Crippen LogP contribution is -2.42. The summed E-state index contributed by atoms with van der Waals surface area (Å²) < 4.78 is 7.08. The van der Waals surface area contributed by atoms with Crippen molar-refractivity contribution in [2.45, 2.75) is 45.9 Å². The summed E-state index contributed by atoms with van der Waals surface area (Å²) >= 11 is 0. The van der Waals surface area contributed by atoms with Crippen LogP contribution in [0.25, 0.3) is 5.69 Å². The first-order chi connectivity index (χ1) is 11.3. The maximum atomic E-state index is 11.7. The highest BCUT2D eigenvalue weighted by Crippen LogP contribution is 2.07. The smallest absolute Gasteiger partial charge is 0.407 e. The molecular formula is C18H26N4O2. The summed E-state index contributed by atoms with van der Waals surface area (Å²) in [7, 11) is 0. The molecule has 6 nitrogen and oxygen atoms in total. The molecule has 1 amide bonds. The molecular weight excluding hydrogens is 304 g/mol. The number of hydrogen-bond donors (Lipinski definition) is 2. The zero-order chi connectivity index (χ0) is 17.6. The highest BCUT2D eigenvalue weighted by Gasteiger charge is 2.17. The maximum Gasteiger partial charge on any atom is 0.407 e. The number of ether oxygens (including phenoxy) is 1. The van der Waals surface area contributed by atoms with E-state index in [1.807, 2.05) is 75.0 Å². The van der Waals surface area contributed by atoms with E-state index in [9.17, 15) is 4.79 Å². The van der Waals surface area contributed by atoms with Crippen LogP contribution in [0.3, 0.4) is 0 Å². The molecule has 2 rings (SSSR count). The molecule has 1 unspecified atom stereocenters. The summed E-state index contributed by atoms with van der Waals surface area (Å²) in [6.45, 7) is 8.74. The fourth-order valence-corrected chi connectivity index (χ4v) is 2.16. The van der Waals surface area contributed by atoms with Crippen molar-refractivity contribution in [2.24, 2.45) is 0 Å². The van der Waals surface area contributed by atoms with Crippen LogP contribution in [0.2, 0.25) is 0 Å². The summed E-state index contributed by atoms with van der Waals surface area (Å²) in [6.07, 6.45) is 1.54. The number of alkyl carbamates (subject to hydrolysis) is 1. The van der Waals surface area contributed by atoms with Gasteiger partial charge in [0.25, 0.3) is 0 Å². The number of nitrogens with zero attached hydrogens (tertiary/aromatic N) is 2. The second-order valence-corrected chi connectivity index (χ2v) is 6.77. The lowest BCUT2D eigenvalue weighted by Gasteiger charge is -2.22. The largest absolute Gasteiger partial charge is 0.444 e. The number of para-hydroxylation sites is 1. The third-order valence-corrected chi connectivity index (χ3v) is 3.18. The molecule has 2 N–H and O–H groups in total. The molecule has 0 aliphatic rings. The van der Waals surface area contributed by atoms with Crippen LogP contribution >= 0.6 is 0 Å². The van der Waals surface area contributed by atoms with Gasteiger partial charge in [-0.15, -0.1) is 0 Å². The lowest BCUT2D eigenvalue weighted by molar-refractivity contribution is 0.0508. The van der Waals surface area contributed by atoms with Gasteiger partial charge in [-0.3, -0.25) is 0 Å². The third kappa shape index (κ3) is 6.04. The molecule has 0 radical (unpaired) electrons. The van der Waals surface area contributed by atoms with Crippen LogP contribution in [0.1, 0.15) is 33.4 Å². The number of rotatable bonds is 6. The number of hydrogen-bond acceptors (Lipinski definition) is 4. The minimum Gasteiger partial charge on any atom is -0.444 e. The highest BCUT2D eigenvalue weighted by atomic mass is 16.6. The van der Waals surface area contributed by atoms with Crippen molar-refractivity contribution in [1.29, 1.82) is 0 Å². The number of nitrogens with one attached hydrogen (secondary N) is 2. The third-order valence-electron chi connectivity index (χ3n) is 3.18. The van der Waals surface area contributed by atoms with Crippen LogP contribution in [0.4, 0.5) is 4.79 Å². The molecule has 6 heteroatoms.